The van der Waals surface area contributed by atoms with E-state index in [0.29, 0.717) is 5.92 Å². The second kappa shape index (κ2) is 4.53. The number of fused-ring (bicyclic) bond motifs is 1. The Bertz CT molecular complexity index is 601. The topological polar surface area (TPSA) is 50.7 Å². The number of nitrogens with one attached hydrogen (secondary N) is 1. The van der Waals surface area contributed by atoms with Gasteiger partial charge in [-0.25, -0.2) is 4.99 Å². The number of benzene rings is 1. The lowest BCUT2D eigenvalue weighted by atomic mass is 9.88. The summed E-state index contributed by atoms with van der Waals surface area (Å²) in [6, 6.07) is 5.64. The zero-order valence-corrected chi connectivity index (χ0v) is 10.4. The van der Waals surface area contributed by atoms with Crippen molar-refractivity contribution in [2.45, 2.75) is 12.8 Å². The molecule has 1 saturated heterocycles. The zero-order valence-electron chi connectivity index (χ0n) is 10.4. The number of carbonyl (C=O) groups is 1. The quantitative estimate of drug-likeness (QED) is 0.797. The lowest BCUT2D eigenvalue weighted by molar-refractivity contribution is -0.113. The van der Waals surface area contributed by atoms with Gasteiger partial charge in [-0.15, -0.1) is 0 Å². The Balaban J connectivity index is 2.14. The number of carbonyl (C=O) groups excluding carboxylic acids is 1. The monoisotopic (exact) mass is 244 g/mol. The van der Waals surface area contributed by atoms with Crippen molar-refractivity contribution in [3.63, 3.8) is 0 Å². The van der Waals surface area contributed by atoms with E-state index < -0.39 is 0 Å². The maximum absolute atomic E-state index is 12.1. The first-order valence-corrected chi connectivity index (χ1v) is 6.31. The van der Waals surface area contributed by atoms with Crippen LogP contribution in [0, 0.1) is 5.92 Å². The van der Waals surface area contributed by atoms with Crippen molar-refractivity contribution < 1.29 is 9.53 Å². The van der Waals surface area contributed by atoms with E-state index in [9.17, 15) is 4.79 Å². The third kappa shape index (κ3) is 1.82. The van der Waals surface area contributed by atoms with E-state index in [1.165, 1.54) is 0 Å². The van der Waals surface area contributed by atoms with Gasteiger partial charge in [-0.1, -0.05) is 0 Å². The van der Waals surface area contributed by atoms with Gasteiger partial charge >= 0.3 is 0 Å². The maximum atomic E-state index is 12.1. The fourth-order valence-corrected chi connectivity index (χ4v) is 2.75. The summed E-state index contributed by atoms with van der Waals surface area (Å²) >= 11 is 0. The summed E-state index contributed by atoms with van der Waals surface area (Å²) < 4.78 is 5.23. The maximum Gasteiger partial charge on any atom is 0.274 e. The summed E-state index contributed by atoms with van der Waals surface area (Å²) in [6.45, 7) is 1.95. The molecule has 4 nitrogen and oxygen atoms in total. The Morgan fingerprint density at radius 2 is 2.11 bits per heavy atom. The number of methoxy groups -OCH3 is 1. The highest BCUT2D eigenvalue weighted by molar-refractivity contribution is 6.16. The molecule has 0 aliphatic carbocycles. The van der Waals surface area contributed by atoms with Crippen LogP contribution in [0.3, 0.4) is 0 Å². The number of hydrogen-bond acceptors (Lipinski definition) is 3. The standard InChI is InChI=1S/C14H16N2O2/c1-18-10-2-3-12-11(8-10)13(14(17)16-12)9-4-6-15-7-5-9/h2-3,8-9,15H,4-7H2,1H3. The van der Waals surface area contributed by atoms with Crippen LogP contribution in [0.15, 0.2) is 23.2 Å². The van der Waals surface area contributed by atoms with Crippen LogP contribution in [0.5, 0.6) is 5.75 Å². The summed E-state index contributed by atoms with van der Waals surface area (Å²) in [6.07, 6.45) is 2.01. The highest BCUT2D eigenvalue weighted by atomic mass is 16.5. The highest BCUT2D eigenvalue weighted by Gasteiger charge is 2.26. The Labute approximate surface area is 105 Å². The van der Waals surface area contributed by atoms with Gasteiger partial charge < -0.3 is 10.1 Å². The van der Waals surface area contributed by atoms with Gasteiger partial charge in [0.25, 0.3) is 5.91 Å². The van der Waals surface area contributed by atoms with Crippen molar-refractivity contribution in [2.75, 3.05) is 20.2 Å². The van der Waals surface area contributed by atoms with Gasteiger partial charge in [-0.3, -0.25) is 4.79 Å². The average Bonchev–Trinajstić information content (AvgIpc) is 2.74. The number of ether oxygens (including phenoxy) is 1. The van der Waals surface area contributed by atoms with Crippen molar-refractivity contribution in [1.82, 2.24) is 5.32 Å². The zero-order chi connectivity index (χ0) is 12.5. The molecule has 4 heteroatoms. The summed E-state index contributed by atoms with van der Waals surface area (Å²) in [4.78, 5) is 16.2. The molecule has 18 heavy (non-hydrogen) atoms. The van der Waals surface area contributed by atoms with Crippen LogP contribution < -0.4 is 20.6 Å². The molecule has 1 N–H and O–H groups in total. The minimum atomic E-state index is -0.0647. The van der Waals surface area contributed by atoms with Crippen molar-refractivity contribution in [1.29, 1.82) is 0 Å². The summed E-state index contributed by atoms with van der Waals surface area (Å²) in [7, 11) is 1.64. The smallest absolute Gasteiger partial charge is 0.274 e. The minimum Gasteiger partial charge on any atom is -0.497 e. The molecule has 0 atom stereocenters. The first kappa shape index (κ1) is 11.4. The number of nitrogens with zero attached hydrogens (tertiary/aromatic N) is 1. The Morgan fingerprint density at radius 1 is 1.33 bits per heavy atom. The second-order valence-electron chi connectivity index (χ2n) is 4.74. The van der Waals surface area contributed by atoms with Gasteiger partial charge in [0.05, 0.1) is 12.5 Å². The molecule has 1 amide bonds. The molecule has 1 aromatic carbocycles. The largest absolute Gasteiger partial charge is 0.497 e. The third-order valence-corrected chi connectivity index (χ3v) is 3.69. The molecule has 0 spiro atoms. The number of piperidine rings is 1. The first-order valence-electron chi connectivity index (χ1n) is 6.31. The molecule has 94 valence electrons. The molecular weight excluding hydrogens is 228 g/mol. The van der Waals surface area contributed by atoms with Crippen LogP contribution in [-0.4, -0.2) is 26.1 Å². The van der Waals surface area contributed by atoms with Crippen LogP contribution in [0.4, 0.5) is 0 Å². The molecule has 2 heterocycles. The lowest BCUT2D eigenvalue weighted by Gasteiger charge is -2.22. The van der Waals surface area contributed by atoms with Crippen LogP contribution in [0.2, 0.25) is 0 Å². The molecule has 0 bridgehead atoms. The van der Waals surface area contributed by atoms with E-state index in [2.05, 4.69) is 10.3 Å². The molecule has 2 aliphatic heterocycles. The van der Waals surface area contributed by atoms with E-state index in [0.717, 1.165) is 47.8 Å². The number of rotatable bonds is 2. The highest BCUT2D eigenvalue weighted by Crippen LogP contribution is 2.23. The fraction of sp³-hybridized carbons (Fsp3) is 0.429. The number of hydrogen-bond donors (Lipinski definition) is 1. The van der Waals surface area contributed by atoms with E-state index in [1.807, 2.05) is 18.2 Å². The molecule has 0 radical (unpaired) electrons. The molecule has 0 unspecified atom stereocenters. The van der Waals surface area contributed by atoms with Crippen molar-refractivity contribution in [3.05, 3.63) is 28.8 Å². The average molecular weight is 244 g/mol. The number of amides is 1. The van der Waals surface area contributed by atoms with E-state index in [4.69, 9.17) is 4.74 Å². The molecule has 1 aromatic rings. The lowest BCUT2D eigenvalue weighted by Crippen LogP contribution is -2.32. The summed E-state index contributed by atoms with van der Waals surface area (Å²) in [5.74, 6) is 1.05. The first-order chi connectivity index (χ1) is 8.79. The van der Waals surface area contributed by atoms with Crippen LogP contribution >= 0.6 is 0 Å². The van der Waals surface area contributed by atoms with Gasteiger partial charge in [0.1, 0.15) is 5.75 Å². The molecule has 3 rings (SSSR count). The fourth-order valence-electron chi connectivity index (χ4n) is 2.75. The SMILES string of the molecule is COc1ccc2c(c1)=C(C1CCNCC1)C(=O)N=2. The molecule has 0 saturated carbocycles. The van der Waals surface area contributed by atoms with Crippen molar-refractivity contribution in [2.24, 2.45) is 10.9 Å². The molecule has 2 aliphatic rings. The van der Waals surface area contributed by atoms with Crippen molar-refractivity contribution in [3.8, 4) is 5.75 Å². The summed E-state index contributed by atoms with van der Waals surface area (Å²) in [5, 5.41) is 5.07. The molecule has 0 aromatic heterocycles. The van der Waals surface area contributed by atoms with Gasteiger partial charge in [0.15, 0.2) is 0 Å². The molecular formula is C14H16N2O2. The minimum absolute atomic E-state index is 0.0647. The van der Waals surface area contributed by atoms with Crippen LogP contribution in [0.1, 0.15) is 12.8 Å². The van der Waals surface area contributed by atoms with Crippen LogP contribution in [-0.2, 0) is 4.79 Å². The second-order valence-corrected chi connectivity index (χ2v) is 4.74. The van der Waals surface area contributed by atoms with Crippen LogP contribution in [0.25, 0.3) is 5.57 Å². The molecule has 1 fully saturated rings. The van der Waals surface area contributed by atoms with Crippen molar-refractivity contribution >= 4 is 11.5 Å². The normalized spacial score (nSPS) is 19.6. The Kier molecular flexibility index (Phi) is 2.88. The third-order valence-electron chi connectivity index (χ3n) is 3.69. The van der Waals surface area contributed by atoms with E-state index >= 15 is 0 Å². The Morgan fingerprint density at radius 3 is 2.83 bits per heavy atom. The van der Waals surface area contributed by atoms with Gasteiger partial charge in [0.2, 0.25) is 0 Å². The van der Waals surface area contributed by atoms with Gasteiger partial charge in [-0.05, 0) is 50.0 Å². The van der Waals surface area contributed by atoms with E-state index in [-0.39, 0.29) is 5.91 Å². The summed E-state index contributed by atoms with van der Waals surface area (Å²) in [5.41, 5.74) is 0.880. The van der Waals surface area contributed by atoms with Gasteiger partial charge in [0, 0.05) is 10.8 Å². The predicted octanol–water partition coefficient (Wildman–Crippen LogP) is 0.00530. The predicted molar refractivity (Wildman–Crippen MR) is 67.8 cm³/mol. The Hall–Kier alpha value is -1.68. The van der Waals surface area contributed by atoms with Gasteiger partial charge in [-0.2, -0.15) is 0 Å². The van der Waals surface area contributed by atoms with E-state index in [1.54, 1.807) is 7.11 Å².